The Morgan fingerprint density at radius 3 is 3.08 bits per heavy atom. The third-order valence-electron chi connectivity index (χ3n) is 1.44. The summed E-state index contributed by atoms with van der Waals surface area (Å²) in [5.41, 5.74) is 6.69. The lowest BCUT2D eigenvalue weighted by atomic mass is 10.3. The summed E-state index contributed by atoms with van der Waals surface area (Å²) in [6, 6.07) is 3.43. The standard InChI is InChI=1S/C8H10FN3S/c9-2-4-11-6-1-3-12-7(5-6)8(10)13/h1,3,5H,2,4H2,(H2,10,13)(H,11,12). The molecule has 1 rings (SSSR count). The first-order chi connectivity index (χ1) is 6.24. The molecular formula is C8H10FN3S. The van der Waals surface area contributed by atoms with Crippen LogP contribution in [0.1, 0.15) is 5.69 Å². The Morgan fingerprint density at radius 1 is 1.69 bits per heavy atom. The molecule has 5 heteroatoms. The van der Waals surface area contributed by atoms with Gasteiger partial charge in [-0.2, -0.15) is 0 Å². The fraction of sp³-hybridized carbons (Fsp3) is 0.250. The number of nitrogens with zero attached hydrogens (tertiary/aromatic N) is 1. The maximum atomic E-state index is 11.8. The number of hydrogen-bond acceptors (Lipinski definition) is 3. The summed E-state index contributed by atoms with van der Waals surface area (Å²) in [4.78, 5) is 4.19. The first-order valence-electron chi connectivity index (χ1n) is 3.79. The highest BCUT2D eigenvalue weighted by atomic mass is 32.1. The number of aromatic nitrogens is 1. The van der Waals surface area contributed by atoms with E-state index in [1.807, 2.05) is 0 Å². The first-order valence-corrected chi connectivity index (χ1v) is 4.20. The second-order valence-corrected chi connectivity index (χ2v) is 2.85. The van der Waals surface area contributed by atoms with E-state index in [1.165, 1.54) is 0 Å². The summed E-state index contributed by atoms with van der Waals surface area (Å²) >= 11 is 4.75. The molecule has 0 aliphatic rings. The van der Waals surface area contributed by atoms with Crippen molar-refractivity contribution in [3.63, 3.8) is 0 Å². The van der Waals surface area contributed by atoms with Gasteiger partial charge in [-0.15, -0.1) is 0 Å². The highest BCUT2D eigenvalue weighted by molar-refractivity contribution is 7.80. The maximum Gasteiger partial charge on any atom is 0.122 e. The van der Waals surface area contributed by atoms with E-state index in [2.05, 4.69) is 10.3 Å². The molecule has 0 saturated heterocycles. The number of alkyl halides is 1. The van der Waals surface area contributed by atoms with Gasteiger partial charge in [0.25, 0.3) is 0 Å². The molecule has 0 aliphatic heterocycles. The van der Waals surface area contributed by atoms with E-state index in [-0.39, 0.29) is 11.5 Å². The van der Waals surface area contributed by atoms with Gasteiger partial charge in [0.05, 0.1) is 5.69 Å². The predicted molar refractivity (Wildman–Crippen MR) is 54.6 cm³/mol. The summed E-state index contributed by atoms with van der Waals surface area (Å²) in [6.45, 7) is -0.133. The number of nitrogens with one attached hydrogen (secondary N) is 1. The minimum atomic E-state index is -0.412. The van der Waals surface area contributed by atoms with Crippen molar-refractivity contribution in [2.45, 2.75) is 0 Å². The Morgan fingerprint density at radius 2 is 2.46 bits per heavy atom. The molecule has 0 unspecified atom stereocenters. The normalized spacial score (nSPS) is 9.62. The fourth-order valence-corrected chi connectivity index (χ4v) is 0.978. The Kier molecular flexibility index (Phi) is 3.57. The summed E-state index contributed by atoms with van der Waals surface area (Å²) in [5.74, 6) is 0. The summed E-state index contributed by atoms with van der Waals surface area (Å²) in [6.07, 6.45) is 1.58. The van der Waals surface area contributed by atoms with Gasteiger partial charge in [-0.1, -0.05) is 12.2 Å². The Hall–Kier alpha value is -1.23. The van der Waals surface area contributed by atoms with E-state index >= 15 is 0 Å². The molecule has 0 bridgehead atoms. The molecular weight excluding hydrogens is 189 g/mol. The van der Waals surface area contributed by atoms with Crippen molar-refractivity contribution in [2.24, 2.45) is 5.73 Å². The van der Waals surface area contributed by atoms with Crippen LogP contribution in [0.4, 0.5) is 10.1 Å². The van der Waals surface area contributed by atoms with E-state index in [0.29, 0.717) is 5.69 Å². The number of pyridine rings is 1. The molecule has 3 nitrogen and oxygen atoms in total. The monoisotopic (exact) mass is 199 g/mol. The number of hydrogen-bond donors (Lipinski definition) is 2. The van der Waals surface area contributed by atoms with Crippen molar-refractivity contribution in [2.75, 3.05) is 18.5 Å². The number of anilines is 1. The number of rotatable bonds is 4. The van der Waals surface area contributed by atoms with Gasteiger partial charge in [0.15, 0.2) is 0 Å². The zero-order valence-electron chi connectivity index (χ0n) is 6.96. The van der Waals surface area contributed by atoms with Crippen LogP contribution in [0.25, 0.3) is 0 Å². The summed E-state index contributed by atoms with van der Waals surface area (Å²) < 4.78 is 11.8. The van der Waals surface area contributed by atoms with Crippen LogP contribution in [0.2, 0.25) is 0 Å². The third-order valence-corrected chi connectivity index (χ3v) is 1.65. The zero-order chi connectivity index (χ0) is 9.68. The molecule has 0 atom stereocenters. The zero-order valence-corrected chi connectivity index (χ0v) is 7.77. The smallest absolute Gasteiger partial charge is 0.122 e. The van der Waals surface area contributed by atoms with Crippen LogP contribution >= 0.6 is 12.2 Å². The molecule has 70 valence electrons. The van der Waals surface area contributed by atoms with Crippen molar-refractivity contribution in [1.82, 2.24) is 4.98 Å². The summed E-state index contributed by atoms with van der Waals surface area (Å²) in [7, 11) is 0. The van der Waals surface area contributed by atoms with Gasteiger partial charge >= 0.3 is 0 Å². The highest BCUT2D eigenvalue weighted by Crippen LogP contribution is 2.07. The van der Waals surface area contributed by atoms with E-state index in [1.54, 1.807) is 18.3 Å². The second kappa shape index (κ2) is 4.71. The lowest BCUT2D eigenvalue weighted by Crippen LogP contribution is -2.12. The van der Waals surface area contributed by atoms with Gasteiger partial charge in [0, 0.05) is 18.4 Å². The van der Waals surface area contributed by atoms with E-state index in [0.717, 1.165) is 5.69 Å². The van der Waals surface area contributed by atoms with E-state index in [4.69, 9.17) is 18.0 Å². The highest BCUT2D eigenvalue weighted by Gasteiger charge is 1.98. The number of halogens is 1. The SMILES string of the molecule is NC(=S)c1cc(NCCF)ccn1. The van der Waals surface area contributed by atoms with Gasteiger partial charge in [0.2, 0.25) is 0 Å². The molecule has 0 radical (unpaired) electrons. The van der Waals surface area contributed by atoms with Crippen molar-refractivity contribution in [3.05, 3.63) is 24.0 Å². The van der Waals surface area contributed by atoms with Gasteiger partial charge < -0.3 is 11.1 Å². The molecule has 13 heavy (non-hydrogen) atoms. The molecule has 0 aliphatic carbocycles. The average Bonchev–Trinajstić information content (AvgIpc) is 2.15. The first kappa shape index (κ1) is 9.85. The van der Waals surface area contributed by atoms with E-state index in [9.17, 15) is 4.39 Å². The van der Waals surface area contributed by atoms with Crippen LogP contribution in [-0.4, -0.2) is 23.2 Å². The van der Waals surface area contributed by atoms with E-state index < -0.39 is 6.67 Å². The molecule has 0 spiro atoms. The van der Waals surface area contributed by atoms with Crippen molar-refractivity contribution >= 4 is 22.9 Å². The number of thiocarbonyl (C=S) groups is 1. The topological polar surface area (TPSA) is 50.9 Å². The molecule has 1 heterocycles. The quantitative estimate of drug-likeness (QED) is 0.713. The molecule has 0 amide bonds. The van der Waals surface area contributed by atoms with Crippen molar-refractivity contribution in [1.29, 1.82) is 0 Å². The van der Waals surface area contributed by atoms with Crippen molar-refractivity contribution < 1.29 is 4.39 Å². The molecule has 1 aromatic rings. The Labute approximate surface area is 81.2 Å². The van der Waals surface area contributed by atoms with Crippen LogP contribution in [0.15, 0.2) is 18.3 Å². The molecule has 3 N–H and O–H groups in total. The lowest BCUT2D eigenvalue weighted by Gasteiger charge is -2.04. The van der Waals surface area contributed by atoms with Gasteiger partial charge in [-0.25, -0.2) is 4.39 Å². The van der Waals surface area contributed by atoms with Crippen LogP contribution in [0.3, 0.4) is 0 Å². The van der Waals surface area contributed by atoms with Gasteiger partial charge in [0.1, 0.15) is 11.7 Å². The second-order valence-electron chi connectivity index (χ2n) is 2.41. The van der Waals surface area contributed by atoms with Crippen molar-refractivity contribution in [3.8, 4) is 0 Å². The molecule has 0 saturated carbocycles. The molecule has 1 aromatic heterocycles. The van der Waals surface area contributed by atoms with Crippen LogP contribution < -0.4 is 11.1 Å². The van der Waals surface area contributed by atoms with Crippen LogP contribution in [0.5, 0.6) is 0 Å². The minimum absolute atomic E-state index is 0.240. The average molecular weight is 199 g/mol. The van der Waals surface area contributed by atoms with Crippen LogP contribution in [-0.2, 0) is 0 Å². The Bertz CT molecular complexity index is 303. The predicted octanol–water partition coefficient (Wildman–Crippen LogP) is 1.10. The fourth-order valence-electron chi connectivity index (χ4n) is 0.867. The molecule has 0 aromatic carbocycles. The van der Waals surface area contributed by atoms with Gasteiger partial charge in [-0.3, -0.25) is 4.98 Å². The molecule has 0 fully saturated rings. The third kappa shape index (κ3) is 2.95. The Balaban J connectivity index is 2.73. The maximum absolute atomic E-state index is 11.8. The van der Waals surface area contributed by atoms with Gasteiger partial charge in [-0.05, 0) is 12.1 Å². The van der Waals surface area contributed by atoms with Crippen LogP contribution in [0, 0.1) is 0 Å². The lowest BCUT2D eigenvalue weighted by molar-refractivity contribution is 0.513. The number of nitrogens with two attached hydrogens (primary N) is 1. The summed E-state index contributed by atoms with van der Waals surface area (Å²) in [5, 5.41) is 2.86. The minimum Gasteiger partial charge on any atom is -0.388 e. The largest absolute Gasteiger partial charge is 0.388 e.